The van der Waals surface area contributed by atoms with Crippen molar-refractivity contribution < 1.29 is 4.79 Å². The molecule has 3 N–H and O–H groups in total. The summed E-state index contributed by atoms with van der Waals surface area (Å²) < 4.78 is 0.881. The molecule has 1 atom stereocenters. The summed E-state index contributed by atoms with van der Waals surface area (Å²) in [6, 6.07) is 0.230. The van der Waals surface area contributed by atoms with Crippen molar-refractivity contribution in [2.24, 2.45) is 11.7 Å². The summed E-state index contributed by atoms with van der Waals surface area (Å²) in [6.07, 6.45) is 2.14. The fourth-order valence-electron chi connectivity index (χ4n) is 2.11. The smallest absolute Gasteiger partial charge is 0.238 e. The molecule has 0 aromatic carbocycles. The zero-order chi connectivity index (χ0) is 13.2. The van der Waals surface area contributed by atoms with E-state index in [1.807, 2.05) is 13.8 Å². The fourth-order valence-corrected chi connectivity index (χ4v) is 3.89. The molecule has 1 heterocycles. The molecular formula is C11H18N4OS2. The highest BCUT2D eigenvalue weighted by Crippen LogP contribution is 2.42. The van der Waals surface area contributed by atoms with Crippen LogP contribution in [0.4, 0.5) is 0 Å². The molecule has 1 aliphatic carbocycles. The van der Waals surface area contributed by atoms with Crippen LogP contribution in [0.3, 0.4) is 0 Å². The van der Waals surface area contributed by atoms with E-state index in [0.29, 0.717) is 11.7 Å². The van der Waals surface area contributed by atoms with Crippen LogP contribution in [0.1, 0.15) is 26.7 Å². The van der Waals surface area contributed by atoms with Crippen molar-refractivity contribution in [2.75, 3.05) is 5.75 Å². The van der Waals surface area contributed by atoms with E-state index in [-0.39, 0.29) is 11.9 Å². The maximum Gasteiger partial charge on any atom is 0.238 e. The van der Waals surface area contributed by atoms with Crippen molar-refractivity contribution >= 4 is 29.0 Å². The molecule has 0 spiro atoms. The van der Waals surface area contributed by atoms with E-state index in [1.54, 1.807) is 17.3 Å². The number of hydrogen-bond acceptors (Lipinski definition) is 6. The van der Waals surface area contributed by atoms with Crippen molar-refractivity contribution in [3.63, 3.8) is 0 Å². The van der Waals surface area contributed by atoms with Crippen LogP contribution < -0.4 is 11.1 Å². The second kappa shape index (κ2) is 5.54. The van der Waals surface area contributed by atoms with Crippen molar-refractivity contribution in [3.05, 3.63) is 5.51 Å². The number of aromatic nitrogens is 2. The third kappa shape index (κ3) is 3.02. The number of nitrogens with zero attached hydrogens (tertiary/aromatic N) is 2. The summed E-state index contributed by atoms with van der Waals surface area (Å²) in [5.41, 5.74) is 6.74. The monoisotopic (exact) mass is 286 g/mol. The molecule has 5 nitrogen and oxygen atoms in total. The van der Waals surface area contributed by atoms with Gasteiger partial charge >= 0.3 is 0 Å². The molecule has 1 aliphatic rings. The van der Waals surface area contributed by atoms with Crippen LogP contribution in [0.2, 0.25) is 0 Å². The molecule has 18 heavy (non-hydrogen) atoms. The Labute approximate surface area is 115 Å². The molecule has 7 heteroatoms. The predicted molar refractivity (Wildman–Crippen MR) is 73.6 cm³/mol. The number of thioether (sulfide) groups is 1. The summed E-state index contributed by atoms with van der Waals surface area (Å²) in [6.45, 7) is 4.07. The van der Waals surface area contributed by atoms with Gasteiger partial charge in [0.05, 0.1) is 0 Å². The van der Waals surface area contributed by atoms with Gasteiger partial charge in [-0.05, 0) is 32.6 Å². The van der Waals surface area contributed by atoms with Gasteiger partial charge in [-0.2, -0.15) is 0 Å². The molecule has 1 aromatic heterocycles. The van der Waals surface area contributed by atoms with E-state index in [4.69, 9.17) is 5.73 Å². The first-order valence-corrected chi connectivity index (χ1v) is 7.87. The van der Waals surface area contributed by atoms with Gasteiger partial charge in [-0.3, -0.25) is 4.79 Å². The predicted octanol–water partition coefficient (Wildman–Crippen LogP) is 1.26. The van der Waals surface area contributed by atoms with Gasteiger partial charge < -0.3 is 11.1 Å². The zero-order valence-corrected chi connectivity index (χ0v) is 12.2. The average Bonchev–Trinajstić information content (AvgIpc) is 3.01. The van der Waals surface area contributed by atoms with Crippen LogP contribution in [0.5, 0.6) is 0 Å². The Hall–Kier alpha value is -0.660. The number of hydrogen-bond donors (Lipinski definition) is 2. The van der Waals surface area contributed by atoms with Crippen LogP contribution in [0, 0.1) is 5.92 Å². The zero-order valence-electron chi connectivity index (χ0n) is 10.5. The molecule has 1 saturated carbocycles. The molecule has 2 rings (SSSR count). The number of nitrogens with one attached hydrogen (secondary N) is 1. The highest BCUT2D eigenvalue weighted by atomic mass is 32.2. The average molecular weight is 286 g/mol. The Bertz CT molecular complexity index is 405. The van der Waals surface area contributed by atoms with Crippen LogP contribution in [-0.4, -0.2) is 33.4 Å². The first-order chi connectivity index (χ1) is 8.54. The molecule has 0 saturated heterocycles. The maximum absolute atomic E-state index is 11.9. The number of carbonyl (C=O) groups is 1. The van der Waals surface area contributed by atoms with Crippen LogP contribution in [0.25, 0.3) is 0 Å². The molecule has 100 valence electrons. The SMILES string of the molecule is CC(C)NC(CSc1nncs1)(C(N)=O)C1CC1. The quantitative estimate of drug-likeness (QED) is 0.738. The van der Waals surface area contributed by atoms with E-state index in [0.717, 1.165) is 17.2 Å². The molecule has 1 aromatic rings. The number of primary amides is 1. The second-order valence-electron chi connectivity index (χ2n) is 4.90. The van der Waals surface area contributed by atoms with Crippen molar-refractivity contribution in [1.29, 1.82) is 0 Å². The molecular weight excluding hydrogens is 268 g/mol. The second-order valence-corrected chi connectivity index (χ2v) is 6.96. The summed E-state index contributed by atoms with van der Waals surface area (Å²) >= 11 is 3.04. The van der Waals surface area contributed by atoms with Crippen molar-refractivity contribution in [1.82, 2.24) is 15.5 Å². The summed E-state index contributed by atoms with van der Waals surface area (Å²) in [7, 11) is 0. The third-order valence-corrected chi connectivity index (χ3v) is 5.08. The van der Waals surface area contributed by atoms with Gasteiger partial charge in [-0.15, -0.1) is 10.2 Å². The summed E-state index contributed by atoms with van der Waals surface area (Å²) in [5, 5.41) is 11.2. The van der Waals surface area contributed by atoms with E-state index >= 15 is 0 Å². The minimum Gasteiger partial charge on any atom is -0.368 e. The van der Waals surface area contributed by atoms with Crippen LogP contribution >= 0.6 is 23.1 Å². The number of rotatable bonds is 7. The van der Waals surface area contributed by atoms with Crippen molar-refractivity contribution in [3.8, 4) is 0 Å². The van der Waals surface area contributed by atoms with Gasteiger partial charge in [0, 0.05) is 11.8 Å². The largest absolute Gasteiger partial charge is 0.368 e. The maximum atomic E-state index is 11.9. The minimum absolute atomic E-state index is 0.230. The van der Waals surface area contributed by atoms with Gasteiger partial charge in [0.2, 0.25) is 5.91 Å². The third-order valence-electron chi connectivity index (χ3n) is 3.02. The molecule has 1 amide bonds. The number of carbonyl (C=O) groups excluding carboxylic acids is 1. The first-order valence-electron chi connectivity index (χ1n) is 6.01. The van der Waals surface area contributed by atoms with Gasteiger partial charge in [0.25, 0.3) is 0 Å². The Morgan fingerprint density at radius 3 is 2.89 bits per heavy atom. The van der Waals surface area contributed by atoms with Gasteiger partial charge in [0.15, 0.2) is 4.34 Å². The van der Waals surface area contributed by atoms with Gasteiger partial charge in [-0.25, -0.2) is 0 Å². The molecule has 0 radical (unpaired) electrons. The van der Waals surface area contributed by atoms with Gasteiger partial charge in [0.1, 0.15) is 11.0 Å². The molecule has 0 aliphatic heterocycles. The van der Waals surface area contributed by atoms with E-state index < -0.39 is 5.54 Å². The number of amides is 1. The Morgan fingerprint density at radius 1 is 1.72 bits per heavy atom. The molecule has 1 unspecified atom stereocenters. The minimum atomic E-state index is -0.607. The highest BCUT2D eigenvalue weighted by Gasteiger charge is 2.50. The van der Waals surface area contributed by atoms with E-state index in [2.05, 4.69) is 15.5 Å². The Morgan fingerprint density at radius 2 is 2.44 bits per heavy atom. The standard InChI is InChI=1S/C11H18N4OS2/c1-7(2)14-11(9(12)16,8-3-4-8)5-17-10-15-13-6-18-10/h6-8,14H,3-5H2,1-2H3,(H2,12,16). The van der Waals surface area contributed by atoms with E-state index in [1.165, 1.54) is 11.3 Å². The lowest BCUT2D eigenvalue weighted by Gasteiger charge is -2.33. The molecule has 1 fully saturated rings. The lowest BCUT2D eigenvalue weighted by atomic mass is 9.93. The lowest BCUT2D eigenvalue weighted by Crippen LogP contribution is -2.61. The van der Waals surface area contributed by atoms with E-state index in [9.17, 15) is 4.79 Å². The Balaban J connectivity index is 2.10. The first kappa shape index (κ1) is 13.8. The normalized spacial score (nSPS) is 18.8. The topological polar surface area (TPSA) is 80.9 Å². The van der Waals surface area contributed by atoms with Gasteiger partial charge in [-0.1, -0.05) is 23.1 Å². The lowest BCUT2D eigenvalue weighted by molar-refractivity contribution is -0.124. The van der Waals surface area contributed by atoms with Crippen LogP contribution in [-0.2, 0) is 4.79 Å². The molecule has 0 bridgehead atoms. The van der Waals surface area contributed by atoms with Crippen LogP contribution in [0.15, 0.2) is 9.85 Å². The van der Waals surface area contributed by atoms with Crippen molar-refractivity contribution in [2.45, 2.75) is 42.6 Å². The summed E-state index contributed by atoms with van der Waals surface area (Å²) in [4.78, 5) is 11.9. The number of nitrogens with two attached hydrogens (primary N) is 1. The fraction of sp³-hybridized carbons (Fsp3) is 0.727. The Kier molecular flexibility index (Phi) is 4.24. The highest BCUT2D eigenvalue weighted by molar-refractivity contribution is 8.01. The summed E-state index contributed by atoms with van der Waals surface area (Å²) in [5.74, 6) is 0.730.